The number of carbonyl (C=O) groups is 1. The molecule has 0 aromatic heterocycles. The van der Waals surface area contributed by atoms with Crippen LogP contribution >= 0.6 is 35.0 Å². The topological polar surface area (TPSA) is 66.8 Å². The smallest absolute Gasteiger partial charge is 0.250 e. The Morgan fingerprint density at radius 3 is 2.80 bits per heavy atom. The predicted molar refractivity (Wildman–Crippen MR) is 105 cm³/mol. The van der Waals surface area contributed by atoms with Crippen LogP contribution in [0.3, 0.4) is 0 Å². The van der Waals surface area contributed by atoms with Crippen LogP contribution in [0, 0.1) is 5.92 Å². The Kier molecular flexibility index (Phi) is 5.40. The SMILES string of the molecule is CC[C@H](C)C(=O)N=C1S[C@H]2CS(=O)(=O)C[C@@H]2N1c1cc(Cl)ccc1Cl. The van der Waals surface area contributed by atoms with Crippen LogP contribution in [0.1, 0.15) is 20.3 Å². The normalized spacial score (nSPS) is 27.5. The van der Waals surface area contributed by atoms with Crippen LogP contribution in [0.25, 0.3) is 0 Å². The maximum atomic E-state index is 12.3. The highest BCUT2D eigenvalue weighted by molar-refractivity contribution is 8.16. The molecule has 0 saturated carbocycles. The Morgan fingerprint density at radius 1 is 1.40 bits per heavy atom. The summed E-state index contributed by atoms with van der Waals surface area (Å²) in [6.07, 6.45) is 0.694. The number of nitrogens with zero attached hydrogens (tertiary/aromatic N) is 2. The molecule has 0 spiro atoms. The number of hydrogen-bond donors (Lipinski definition) is 0. The van der Waals surface area contributed by atoms with Gasteiger partial charge in [-0.1, -0.05) is 48.8 Å². The molecule has 5 nitrogen and oxygen atoms in total. The second kappa shape index (κ2) is 7.10. The van der Waals surface area contributed by atoms with Crippen molar-refractivity contribution >= 4 is 61.6 Å². The maximum absolute atomic E-state index is 12.3. The zero-order valence-electron chi connectivity index (χ0n) is 13.8. The Labute approximate surface area is 161 Å². The number of amides is 1. The van der Waals surface area contributed by atoms with Crippen LogP contribution in [0.15, 0.2) is 23.2 Å². The van der Waals surface area contributed by atoms with Gasteiger partial charge in [0.05, 0.1) is 28.3 Å². The Balaban J connectivity index is 2.05. The van der Waals surface area contributed by atoms with Gasteiger partial charge in [0.1, 0.15) is 0 Å². The van der Waals surface area contributed by atoms with Crippen LogP contribution in [-0.2, 0) is 14.6 Å². The average molecular weight is 421 g/mol. The average Bonchev–Trinajstić information content (AvgIpc) is 3.00. The predicted octanol–water partition coefficient (Wildman–Crippen LogP) is 3.64. The Hall–Kier alpha value is -0.760. The summed E-state index contributed by atoms with van der Waals surface area (Å²) in [4.78, 5) is 18.3. The zero-order valence-corrected chi connectivity index (χ0v) is 16.9. The molecule has 2 fully saturated rings. The molecule has 136 valence electrons. The first-order chi connectivity index (χ1) is 11.7. The number of anilines is 1. The van der Waals surface area contributed by atoms with Crippen molar-refractivity contribution in [3.05, 3.63) is 28.2 Å². The molecule has 9 heteroatoms. The van der Waals surface area contributed by atoms with E-state index in [-0.39, 0.29) is 34.6 Å². The first-order valence-electron chi connectivity index (χ1n) is 7.95. The number of benzene rings is 1. The van der Waals surface area contributed by atoms with Crippen molar-refractivity contribution in [3.8, 4) is 0 Å². The lowest BCUT2D eigenvalue weighted by molar-refractivity contribution is -0.121. The number of amidine groups is 1. The molecule has 1 aromatic carbocycles. The highest BCUT2D eigenvalue weighted by Crippen LogP contribution is 2.43. The summed E-state index contributed by atoms with van der Waals surface area (Å²) in [7, 11) is -3.12. The quantitative estimate of drug-likeness (QED) is 0.746. The number of fused-ring (bicyclic) bond motifs is 1. The molecule has 2 aliphatic rings. The third-order valence-corrected chi connectivity index (χ3v) is 8.24. The van der Waals surface area contributed by atoms with E-state index in [1.54, 1.807) is 23.1 Å². The van der Waals surface area contributed by atoms with Gasteiger partial charge < -0.3 is 4.90 Å². The van der Waals surface area contributed by atoms with Gasteiger partial charge in [0.2, 0.25) is 0 Å². The summed E-state index contributed by atoms with van der Waals surface area (Å²) < 4.78 is 24.1. The van der Waals surface area contributed by atoms with Crippen molar-refractivity contribution in [2.24, 2.45) is 10.9 Å². The number of halogens is 2. The van der Waals surface area contributed by atoms with Gasteiger partial charge >= 0.3 is 0 Å². The fourth-order valence-electron chi connectivity index (χ4n) is 2.90. The summed E-state index contributed by atoms with van der Waals surface area (Å²) in [5, 5.41) is 1.27. The molecule has 3 rings (SSSR count). The number of aliphatic imine (C=N–C) groups is 1. The zero-order chi connectivity index (χ0) is 18.4. The van der Waals surface area contributed by atoms with Crippen LogP contribution in [0.5, 0.6) is 0 Å². The van der Waals surface area contributed by atoms with Crippen LogP contribution in [0.2, 0.25) is 10.0 Å². The molecule has 1 amide bonds. The molecule has 0 N–H and O–H groups in total. The largest absolute Gasteiger partial charge is 0.314 e. The molecule has 3 atom stereocenters. The maximum Gasteiger partial charge on any atom is 0.250 e. The first kappa shape index (κ1) is 19.0. The van der Waals surface area contributed by atoms with E-state index in [0.29, 0.717) is 27.3 Å². The standard InChI is InChI=1S/C16H18Cl2N2O3S2/c1-3-9(2)15(21)19-16-20(12-6-10(17)4-5-11(12)18)13-7-25(22,23)8-14(13)24-16/h4-6,9,13-14H,3,7-8H2,1-2H3/t9-,13-,14-/m0/s1. The van der Waals surface area contributed by atoms with Gasteiger partial charge in [-0.3, -0.25) is 4.79 Å². The second-order valence-electron chi connectivity index (χ2n) is 6.31. The molecule has 2 saturated heterocycles. The van der Waals surface area contributed by atoms with Gasteiger partial charge in [-0.25, -0.2) is 8.42 Å². The fraction of sp³-hybridized carbons (Fsp3) is 0.500. The summed E-state index contributed by atoms with van der Waals surface area (Å²) in [5.74, 6) is -0.303. The Bertz CT molecular complexity index is 842. The minimum Gasteiger partial charge on any atom is -0.314 e. The van der Waals surface area contributed by atoms with E-state index in [2.05, 4.69) is 4.99 Å². The van der Waals surface area contributed by atoms with E-state index in [9.17, 15) is 13.2 Å². The van der Waals surface area contributed by atoms with E-state index in [1.807, 2.05) is 13.8 Å². The number of rotatable bonds is 3. The van der Waals surface area contributed by atoms with Crippen LogP contribution < -0.4 is 4.90 Å². The van der Waals surface area contributed by atoms with Gasteiger partial charge in [-0.15, -0.1) is 0 Å². The van der Waals surface area contributed by atoms with Crippen molar-refractivity contribution in [1.82, 2.24) is 0 Å². The summed E-state index contributed by atoms with van der Waals surface area (Å²) in [6.45, 7) is 3.76. The molecule has 2 heterocycles. The van der Waals surface area contributed by atoms with E-state index in [0.717, 1.165) is 0 Å². The molecule has 25 heavy (non-hydrogen) atoms. The molecule has 0 bridgehead atoms. The first-order valence-corrected chi connectivity index (χ1v) is 11.4. The van der Waals surface area contributed by atoms with Gasteiger partial charge in [0, 0.05) is 16.2 Å². The molecule has 0 unspecified atom stereocenters. The van der Waals surface area contributed by atoms with E-state index >= 15 is 0 Å². The summed E-state index contributed by atoms with van der Waals surface area (Å²) in [5.41, 5.74) is 0.585. The van der Waals surface area contributed by atoms with E-state index in [4.69, 9.17) is 23.2 Å². The number of sulfone groups is 1. The number of hydrogen-bond acceptors (Lipinski definition) is 4. The highest BCUT2D eigenvalue weighted by atomic mass is 35.5. The van der Waals surface area contributed by atoms with Gasteiger partial charge in [-0.2, -0.15) is 4.99 Å². The lowest BCUT2D eigenvalue weighted by Crippen LogP contribution is -2.38. The minimum absolute atomic E-state index is 0.0179. The van der Waals surface area contributed by atoms with Gasteiger partial charge in [-0.05, 0) is 24.6 Å². The van der Waals surface area contributed by atoms with Gasteiger partial charge in [0.15, 0.2) is 15.0 Å². The van der Waals surface area contributed by atoms with Crippen molar-refractivity contribution in [2.75, 3.05) is 16.4 Å². The summed E-state index contributed by atoms with van der Waals surface area (Å²) in [6, 6.07) is 4.71. The van der Waals surface area contributed by atoms with Crippen molar-refractivity contribution in [3.63, 3.8) is 0 Å². The van der Waals surface area contributed by atoms with E-state index in [1.165, 1.54) is 11.8 Å². The lowest BCUT2D eigenvalue weighted by Gasteiger charge is -2.25. The van der Waals surface area contributed by atoms with E-state index < -0.39 is 9.84 Å². The molecule has 0 aliphatic carbocycles. The molecular weight excluding hydrogens is 403 g/mol. The molecule has 0 radical (unpaired) electrons. The third-order valence-electron chi connectivity index (χ3n) is 4.47. The van der Waals surface area contributed by atoms with Crippen LogP contribution in [0.4, 0.5) is 5.69 Å². The van der Waals surface area contributed by atoms with Crippen molar-refractivity contribution in [2.45, 2.75) is 31.6 Å². The number of thioether (sulfide) groups is 1. The Morgan fingerprint density at radius 2 is 2.12 bits per heavy atom. The minimum atomic E-state index is -3.12. The monoisotopic (exact) mass is 420 g/mol. The van der Waals surface area contributed by atoms with Crippen molar-refractivity contribution in [1.29, 1.82) is 0 Å². The van der Waals surface area contributed by atoms with Crippen LogP contribution in [-0.4, -0.2) is 42.3 Å². The fourth-order valence-corrected chi connectivity index (χ4v) is 7.18. The molecular formula is C16H18Cl2N2O3S2. The molecule has 2 aliphatic heterocycles. The van der Waals surface area contributed by atoms with Crippen molar-refractivity contribution < 1.29 is 13.2 Å². The van der Waals surface area contributed by atoms with Gasteiger partial charge in [0.25, 0.3) is 5.91 Å². The summed E-state index contributed by atoms with van der Waals surface area (Å²) >= 11 is 13.8. The second-order valence-corrected chi connectivity index (χ2v) is 10.5. The third kappa shape index (κ3) is 3.84. The lowest BCUT2D eigenvalue weighted by atomic mass is 10.1. The number of carbonyl (C=O) groups excluding carboxylic acids is 1. The highest BCUT2D eigenvalue weighted by Gasteiger charge is 2.49. The molecule has 1 aromatic rings.